The molecule has 0 N–H and O–H groups in total. The molecule has 22 heavy (non-hydrogen) atoms. The first kappa shape index (κ1) is 15.2. The Balaban J connectivity index is 1.89. The molecule has 1 unspecified atom stereocenters. The van der Waals surface area contributed by atoms with Gasteiger partial charge in [0.1, 0.15) is 0 Å². The van der Waals surface area contributed by atoms with E-state index in [1.54, 1.807) is 12.1 Å². The smallest absolute Gasteiger partial charge is 0.260 e. The van der Waals surface area contributed by atoms with Crippen LogP contribution >= 0.6 is 11.8 Å². The highest BCUT2D eigenvalue weighted by atomic mass is 32.2. The van der Waals surface area contributed by atoms with Crippen LogP contribution in [0.4, 0.5) is 0 Å². The lowest BCUT2D eigenvalue weighted by Crippen LogP contribution is -2.27. The van der Waals surface area contributed by atoms with Gasteiger partial charge in [0.15, 0.2) is 0 Å². The van der Waals surface area contributed by atoms with E-state index in [-0.39, 0.29) is 5.25 Å². The minimum Gasteiger partial charge on any atom is -0.260 e. The second kappa shape index (κ2) is 5.82. The molecule has 0 spiro atoms. The van der Waals surface area contributed by atoms with Crippen LogP contribution in [0.15, 0.2) is 71.1 Å². The van der Waals surface area contributed by atoms with Gasteiger partial charge in [-0.05, 0) is 24.6 Å². The number of rotatable bonds is 3. The molecule has 0 saturated carbocycles. The van der Waals surface area contributed by atoms with Crippen LogP contribution in [0, 0.1) is 6.92 Å². The van der Waals surface area contributed by atoms with E-state index in [1.165, 1.54) is 16.1 Å². The zero-order chi connectivity index (χ0) is 15.7. The molecule has 1 aliphatic heterocycles. The zero-order valence-electron chi connectivity index (χ0n) is 12.3. The second-order valence-electron chi connectivity index (χ2n) is 5.26. The molecule has 3 nitrogen and oxygen atoms in total. The summed E-state index contributed by atoms with van der Waals surface area (Å²) in [5.41, 5.74) is 2.16. The Labute approximate surface area is 135 Å². The van der Waals surface area contributed by atoms with Gasteiger partial charge in [-0.15, -0.1) is 0 Å². The van der Waals surface area contributed by atoms with Gasteiger partial charge in [0, 0.05) is 0 Å². The van der Waals surface area contributed by atoms with Crippen LogP contribution in [0.5, 0.6) is 0 Å². The first-order valence-electron chi connectivity index (χ1n) is 6.98. The van der Waals surface area contributed by atoms with Crippen LogP contribution in [0.3, 0.4) is 0 Å². The van der Waals surface area contributed by atoms with Gasteiger partial charge in [0.25, 0.3) is 10.0 Å². The van der Waals surface area contributed by atoms with Gasteiger partial charge in [0.05, 0.1) is 21.7 Å². The number of sulfonamides is 1. The van der Waals surface area contributed by atoms with E-state index in [1.807, 2.05) is 49.4 Å². The van der Waals surface area contributed by atoms with Crippen LogP contribution in [0.1, 0.15) is 16.4 Å². The highest BCUT2D eigenvalue weighted by Crippen LogP contribution is 2.45. The van der Waals surface area contributed by atoms with E-state index >= 15 is 0 Å². The summed E-state index contributed by atoms with van der Waals surface area (Å²) in [6.07, 6.45) is 0. The fourth-order valence-corrected chi connectivity index (χ4v) is 5.33. The van der Waals surface area contributed by atoms with Crippen molar-refractivity contribution in [1.29, 1.82) is 0 Å². The fourth-order valence-electron chi connectivity index (χ4n) is 2.42. The summed E-state index contributed by atoms with van der Waals surface area (Å²) in [4.78, 5) is 0.313. The number of benzene rings is 2. The number of hydrogen-bond donors (Lipinski definition) is 0. The summed E-state index contributed by atoms with van der Waals surface area (Å²) in [6.45, 7) is 6.29. The third-order valence-electron chi connectivity index (χ3n) is 3.67. The Morgan fingerprint density at radius 3 is 2.36 bits per heavy atom. The molecule has 1 atom stereocenters. The first-order chi connectivity index (χ1) is 10.5. The summed E-state index contributed by atoms with van der Waals surface area (Å²) in [6, 6.07) is 16.9. The number of hydrogen-bond acceptors (Lipinski definition) is 3. The Morgan fingerprint density at radius 2 is 1.73 bits per heavy atom. The van der Waals surface area contributed by atoms with Gasteiger partial charge in [-0.25, -0.2) is 8.42 Å². The molecule has 1 saturated heterocycles. The molecule has 1 aliphatic rings. The summed E-state index contributed by atoms with van der Waals surface area (Å²) in [5, 5.41) is 0.670. The minimum absolute atomic E-state index is 0.0916. The van der Waals surface area contributed by atoms with Gasteiger partial charge < -0.3 is 0 Å². The standard InChI is InChI=1S/C17H17NO2S2/c1-13-8-10-16(11-9-13)22(19,20)18-12-17(21-14(18)2)15-6-4-3-5-7-15/h3-11,17H,2,12H2,1H3. The third-order valence-corrected chi connectivity index (χ3v) is 6.80. The van der Waals surface area contributed by atoms with Crippen molar-refractivity contribution in [2.24, 2.45) is 0 Å². The van der Waals surface area contributed by atoms with Crippen LogP contribution in [-0.2, 0) is 10.0 Å². The third kappa shape index (κ3) is 2.78. The van der Waals surface area contributed by atoms with Gasteiger partial charge in [-0.2, -0.15) is 0 Å². The molecule has 0 amide bonds. The number of thioether (sulfide) groups is 1. The van der Waals surface area contributed by atoms with Gasteiger partial charge in [0.2, 0.25) is 0 Å². The second-order valence-corrected chi connectivity index (χ2v) is 8.40. The van der Waals surface area contributed by atoms with Crippen molar-refractivity contribution in [3.05, 3.63) is 77.3 Å². The van der Waals surface area contributed by atoms with Crippen LogP contribution in [-0.4, -0.2) is 19.3 Å². The molecular weight excluding hydrogens is 314 g/mol. The lowest BCUT2D eigenvalue weighted by atomic mass is 10.1. The van der Waals surface area contributed by atoms with E-state index in [2.05, 4.69) is 6.58 Å². The largest absolute Gasteiger partial charge is 0.264 e. The van der Waals surface area contributed by atoms with E-state index in [4.69, 9.17) is 0 Å². The molecule has 1 fully saturated rings. The Hall–Kier alpha value is -1.72. The molecule has 5 heteroatoms. The highest BCUT2D eigenvalue weighted by Gasteiger charge is 2.35. The molecule has 2 aromatic rings. The Kier molecular flexibility index (Phi) is 4.02. The average Bonchev–Trinajstić information content (AvgIpc) is 2.91. The topological polar surface area (TPSA) is 37.4 Å². The SMILES string of the molecule is C=C1SC(c2ccccc2)CN1S(=O)(=O)c1ccc(C)cc1. The molecule has 114 valence electrons. The molecule has 0 aliphatic carbocycles. The summed E-state index contributed by atoms with van der Waals surface area (Å²) >= 11 is 1.50. The van der Waals surface area contributed by atoms with E-state index < -0.39 is 10.0 Å². The van der Waals surface area contributed by atoms with Gasteiger partial charge in [-0.3, -0.25) is 4.31 Å². The van der Waals surface area contributed by atoms with Crippen molar-refractivity contribution in [3.63, 3.8) is 0 Å². The van der Waals surface area contributed by atoms with E-state index in [9.17, 15) is 8.42 Å². The average molecular weight is 331 g/mol. The lowest BCUT2D eigenvalue weighted by Gasteiger charge is -2.19. The molecule has 2 aromatic carbocycles. The summed E-state index contributed by atoms with van der Waals surface area (Å²) < 4.78 is 27.0. The van der Waals surface area contributed by atoms with Gasteiger partial charge >= 0.3 is 0 Å². The predicted octanol–water partition coefficient (Wildman–Crippen LogP) is 3.95. The monoisotopic (exact) mass is 331 g/mol. The van der Waals surface area contributed by atoms with Crippen molar-refractivity contribution in [2.45, 2.75) is 17.1 Å². The van der Waals surface area contributed by atoms with Crippen molar-refractivity contribution in [1.82, 2.24) is 4.31 Å². The quantitative estimate of drug-likeness (QED) is 0.855. The summed E-state index contributed by atoms with van der Waals surface area (Å²) in [5.74, 6) is 0. The predicted molar refractivity (Wildman–Crippen MR) is 91.0 cm³/mol. The molecule has 0 radical (unpaired) electrons. The molecule has 0 bridgehead atoms. The van der Waals surface area contributed by atoms with E-state index in [0.717, 1.165) is 11.1 Å². The van der Waals surface area contributed by atoms with E-state index in [0.29, 0.717) is 16.5 Å². The van der Waals surface area contributed by atoms with Crippen molar-refractivity contribution < 1.29 is 8.42 Å². The van der Waals surface area contributed by atoms with Crippen LogP contribution in [0.2, 0.25) is 0 Å². The lowest BCUT2D eigenvalue weighted by molar-refractivity contribution is 0.504. The normalized spacial score (nSPS) is 18.7. The fraction of sp³-hybridized carbons (Fsp3) is 0.176. The molecule has 1 heterocycles. The maximum atomic E-state index is 12.8. The van der Waals surface area contributed by atoms with Crippen LogP contribution < -0.4 is 0 Å². The summed E-state index contributed by atoms with van der Waals surface area (Å²) in [7, 11) is -3.53. The van der Waals surface area contributed by atoms with Crippen molar-refractivity contribution in [2.75, 3.05) is 6.54 Å². The highest BCUT2D eigenvalue weighted by molar-refractivity contribution is 8.04. The number of nitrogens with zero attached hydrogens (tertiary/aromatic N) is 1. The zero-order valence-corrected chi connectivity index (χ0v) is 13.9. The van der Waals surface area contributed by atoms with Crippen LogP contribution in [0.25, 0.3) is 0 Å². The minimum atomic E-state index is -3.53. The maximum Gasteiger partial charge on any atom is 0.264 e. The molecular formula is C17H17NO2S2. The Bertz CT molecular complexity index is 783. The molecule has 3 rings (SSSR count). The Morgan fingerprint density at radius 1 is 1.09 bits per heavy atom. The van der Waals surface area contributed by atoms with Crippen molar-refractivity contribution >= 4 is 21.8 Å². The van der Waals surface area contributed by atoms with Gasteiger partial charge in [-0.1, -0.05) is 66.4 Å². The maximum absolute atomic E-state index is 12.8. The van der Waals surface area contributed by atoms with Crippen molar-refractivity contribution in [3.8, 4) is 0 Å². The molecule has 0 aromatic heterocycles. The number of aryl methyl sites for hydroxylation is 1. The first-order valence-corrected chi connectivity index (χ1v) is 9.30.